The third-order valence-corrected chi connectivity index (χ3v) is 5.92. The Balaban J connectivity index is 2.19. The second-order valence-corrected chi connectivity index (χ2v) is 8.92. The third-order valence-electron chi connectivity index (χ3n) is 5.61. The number of rotatable bonds is 8. The highest BCUT2D eigenvalue weighted by atomic mass is 35.5. The lowest BCUT2D eigenvalue weighted by atomic mass is 9.90. The average Bonchev–Trinajstić information content (AvgIpc) is 2.76. The second kappa shape index (κ2) is 10.3. The number of benzene rings is 2. The summed E-state index contributed by atoms with van der Waals surface area (Å²) in [6.45, 7) is 3.65. The summed E-state index contributed by atoms with van der Waals surface area (Å²) < 4.78 is 14.9. The number of hydrogen-bond donors (Lipinski definition) is 1. The van der Waals surface area contributed by atoms with E-state index in [2.05, 4.69) is 5.10 Å². The number of anilines is 1. The largest absolute Gasteiger partial charge is 0.396 e. The zero-order chi connectivity index (χ0) is 24.3. The Bertz CT molecular complexity index is 1220. The van der Waals surface area contributed by atoms with Crippen LogP contribution in [0.2, 0.25) is 5.02 Å². The zero-order valence-corrected chi connectivity index (χ0v) is 19.8. The number of hydrogen-bond acceptors (Lipinski definition) is 5. The molecule has 0 fully saturated rings. The normalized spacial score (nSPS) is 12.1. The van der Waals surface area contributed by atoms with E-state index in [0.717, 1.165) is 10.4 Å². The average molecular weight is 472 g/mol. The van der Waals surface area contributed by atoms with Gasteiger partial charge in [-0.25, -0.2) is 4.39 Å². The molecule has 1 atom stereocenters. The van der Waals surface area contributed by atoms with Gasteiger partial charge in [0.05, 0.1) is 27.7 Å². The first kappa shape index (κ1) is 24.6. The van der Waals surface area contributed by atoms with Gasteiger partial charge in [-0.2, -0.15) is 9.78 Å². The smallest absolute Gasteiger partial charge is 0.282 e. The maximum absolute atomic E-state index is 13.9. The molecule has 1 aromatic heterocycles. The number of aliphatic hydroxyl groups excluding tert-OH is 1. The van der Waals surface area contributed by atoms with E-state index in [1.165, 1.54) is 24.3 Å². The van der Waals surface area contributed by atoms with Crippen LogP contribution in [0.15, 0.2) is 53.3 Å². The summed E-state index contributed by atoms with van der Waals surface area (Å²) in [5.74, 6) is -1.16. The van der Waals surface area contributed by atoms with Gasteiger partial charge < -0.3 is 10.0 Å². The minimum atomic E-state index is -0.647. The lowest BCUT2D eigenvalue weighted by Gasteiger charge is -2.18. The molecule has 3 rings (SSSR count). The van der Waals surface area contributed by atoms with Gasteiger partial charge in [-0.3, -0.25) is 9.59 Å². The third kappa shape index (κ3) is 5.49. The Hall–Kier alpha value is -3.03. The predicted molar refractivity (Wildman–Crippen MR) is 129 cm³/mol. The monoisotopic (exact) mass is 471 g/mol. The number of carbonyl (C=O) groups is 1. The fourth-order valence-corrected chi connectivity index (χ4v) is 3.86. The van der Waals surface area contributed by atoms with Crippen LogP contribution in [-0.2, 0) is 0 Å². The van der Waals surface area contributed by atoms with E-state index < -0.39 is 17.2 Å². The van der Waals surface area contributed by atoms with Crippen molar-refractivity contribution >= 4 is 23.1 Å². The van der Waals surface area contributed by atoms with Crippen molar-refractivity contribution in [3.63, 3.8) is 0 Å². The molecule has 0 aliphatic rings. The maximum atomic E-state index is 13.9. The molecule has 1 heterocycles. The quantitative estimate of drug-likeness (QED) is 0.486. The van der Waals surface area contributed by atoms with Crippen molar-refractivity contribution in [3.8, 4) is 16.9 Å². The fourth-order valence-electron chi connectivity index (χ4n) is 3.51. The van der Waals surface area contributed by atoms with Gasteiger partial charge in [0, 0.05) is 32.7 Å². The maximum Gasteiger partial charge on any atom is 0.282 e. The first-order valence-electron chi connectivity index (χ1n) is 10.6. The van der Waals surface area contributed by atoms with Crippen LogP contribution >= 0.6 is 11.6 Å². The molecular weight excluding hydrogens is 445 g/mol. The topological polar surface area (TPSA) is 75.4 Å². The molecule has 3 aromatic rings. The molecule has 0 aliphatic carbocycles. The van der Waals surface area contributed by atoms with Crippen molar-refractivity contribution in [2.24, 2.45) is 11.8 Å². The van der Waals surface area contributed by atoms with Gasteiger partial charge in [0.15, 0.2) is 5.78 Å². The van der Waals surface area contributed by atoms with Gasteiger partial charge in [-0.15, -0.1) is 0 Å². The van der Waals surface area contributed by atoms with E-state index in [4.69, 9.17) is 11.6 Å². The molecule has 2 aromatic carbocycles. The molecule has 174 valence electrons. The first-order valence-corrected chi connectivity index (χ1v) is 11.0. The summed E-state index contributed by atoms with van der Waals surface area (Å²) in [5, 5.41) is 14.5. The summed E-state index contributed by atoms with van der Waals surface area (Å²) in [4.78, 5) is 28.2. The zero-order valence-electron chi connectivity index (χ0n) is 19.0. The van der Waals surface area contributed by atoms with Crippen LogP contribution in [0, 0.1) is 17.7 Å². The number of halogens is 2. The summed E-state index contributed by atoms with van der Waals surface area (Å²) in [5.41, 5.74) is 1.24. The molecule has 0 saturated heterocycles. The highest BCUT2D eigenvalue weighted by Gasteiger charge is 2.23. The van der Waals surface area contributed by atoms with Crippen LogP contribution in [-0.4, -0.2) is 41.4 Å². The van der Waals surface area contributed by atoms with Crippen LogP contribution in [0.4, 0.5) is 10.1 Å². The summed E-state index contributed by atoms with van der Waals surface area (Å²) in [6.07, 6.45) is 0.0103. The molecule has 0 unspecified atom stereocenters. The summed E-state index contributed by atoms with van der Waals surface area (Å²) >= 11 is 6.43. The van der Waals surface area contributed by atoms with Crippen molar-refractivity contribution in [1.82, 2.24) is 9.78 Å². The SMILES string of the molecule is CC(C)[C@@H](CO)CC(=O)c1cc(-c2ccc(N(C)C)c(Cl)c2)nn(-c2cccc(F)c2)c1=O. The fraction of sp³-hybridized carbons (Fsp3) is 0.320. The number of ketones is 1. The van der Waals surface area contributed by atoms with E-state index in [-0.39, 0.29) is 36.1 Å². The van der Waals surface area contributed by atoms with Gasteiger partial charge in [0.25, 0.3) is 5.56 Å². The van der Waals surface area contributed by atoms with Crippen LogP contribution in [0.25, 0.3) is 16.9 Å². The Morgan fingerprint density at radius 2 is 1.91 bits per heavy atom. The molecule has 0 spiro atoms. The van der Waals surface area contributed by atoms with Crippen molar-refractivity contribution in [2.75, 3.05) is 25.6 Å². The predicted octanol–water partition coefficient (Wildman–Crippen LogP) is 4.60. The van der Waals surface area contributed by atoms with Crippen molar-refractivity contribution in [1.29, 1.82) is 0 Å². The summed E-state index contributed by atoms with van der Waals surface area (Å²) in [6, 6.07) is 12.2. The molecule has 1 N–H and O–H groups in total. The summed E-state index contributed by atoms with van der Waals surface area (Å²) in [7, 11) is 3.73. The van der Waals surface area contributed by atoms with E-state index in [1.54, 1.807) is 18.2 Å². The van der Waals surface area contributed by atoms with Crippen LogP contribution in [0.1, 0.15) is 30.6 Å². The molecule has 0 aliphatic heterocycles. The molecule has 0 amide bonds. The van der Waals surface area contributed by atoms with E-state index in [1.807, 2.05) is 38.9 Å². The Kier molecular flexibility index (Phi) is 7.66. The van der Waals surface area contributed by atoms with Crippen molar-refractivity contribution < 1.29 is 14.3 Å². The standard InChI is InChI=1S/C25H27ClFN3O3/c1-15(2)17(14-31)11-24(32)20-13-22(16-8-9-23(29(3)4)21(26)10-16)28-30(25(20)33)19-7-5-6-18(27)12-19/h5-10,12-13,15,17,31H,11,14H2,1-4H3/t17-/m1/s1. The van der Waals surface area contributed by atoms with Crippen LogP contribution in [0.3, 0.4) is 0 Å². The molecular formula is C25H27ClFN3O3. The molecule has 33 heavy (non-hydrogen) atoms. The highest BCUT2D eigenvalue weighted by molar-refractivity contribution is 6.33. The lowest BCUT2D eigenvalue weighted by Crippen LogP contribution is -2.29. The Morgan fingerprint density at radius 3 is 2.48 bits per heavy atom. The number of Topliss-reactive ketones (excluding diaryl/α,β-unsaturated/α-hetero) is 1. The Morgan fingerprint density at radius 1 is 1.18 bits per heavy atom. The van der Waals surface area contributed by atoms with Crippen LogP contribution < -0.4 is 10.5 Å². The molecule has 0 bridgehead atoms. The number of nitrogens with zero attached hydrogens (tertiary/aromatic N) is 3. The second-order valence-electron chi connectivity index (χ2n) is 8.51. The first-order chi connectivity index (χ1) is 15.6. The molecule has 0 saturated carbocycles. The highest BCUT2D eigenvalue weighted by Crippen LogP contribution is 2.30. The van der Waals surface area contributed by atoms with Crippen molar-refractivity contribution in [3.05, 3.63) is 75.3 Å². The Labute approximate surface area is 197 Å². The van der Waals surface area contributed by atoms with E-state index in [0.29, 0.717) is 16.3 Å². The number of aliphatic hydroxyl groups is 1. The van der Waals surface area contributed by atoms with Gasteiger partial charge in [-0.05, 0) is 48.2 Å². The van der Waals surface area contributed by atoms with E-state index >= 15 is 0 Å². The van der Waals surface area contributed by atoms with E-state index in [9.17, 15) is 19.1 Å². The van der Waals surface area contributed by atoms with Crippen molar-refractivity contribution in [2.45, 2.75) is 20.3 Å². The molecule has 0 radical (unpaired) electrons. The van der Waals surface area contributed by atoms with Crippen LogP contribution in [0.5, 0.6) is 0 Å². The van der Waals surface area contributed by atoms with Gasteiger partial charge >= 0.3 is 0 Å². The van der Waals surface area contributed by atoms with Gasteiger partial charge in [0.1, 0.15) is 5.82 Å². The minimum absolute atomic E-state index is 0.0103. The minimum Gasteiger partial charge on any atom is -0.396 e. The number of aromatic nitrogens is 2. The van der Waals surface area contributed by atoms with Gasteiger partial charge in [0.2, 0.25) is 0 Å². The lowest BCUT2D eigenvalue weighted by molar-refractivity contribution is 0.0905. The molecule has 6 nitrogen and oxygen atoms in total. The molecule has 8 heteroatoms. The number of carbonyl (C=O) groups excluding carboxylic acids is 1. The van der Waals surface area contributed by atoms with Gasteiger partial charge in [-0.1, -0.05) is 37.6 Å².